The number of anilines is 3. The van der Waals surface area contributed by atoms with Crippen LogP contribution in [-0.2, 0) is 20.7 Å². The van der Waals surface area contributed by atoms with E-state index < -0.39 is 15.3 Å². The molecule has 0 unspecified atom stereocenters. The number of benzene rings is 6. The number of nitrogens with zero attached hydrogens (tertiary/aromatic N) is 2. The molecule has 9 rings (SSSR count). The number of pyridine rings is 1. The Morgan fingerprint density at radius 2 is 1.06 bits per heavy atom. The minimum Gasteiger partial charge on any atom is -0.310 e. The van der Waals surface area contributed by atoms with E-state index in [0.717, 1.165) is 44.8 Å². The third-order valence-electron chi connectivity index (χ3n) is 10.6. The van der Waals surface area contributed by atoms with Gasteiger partial charge in [-0.1, -0.05) is 135 Å². The molecule has 0 amide bonds. The Morgan fingerprint density at radius 3 is 1.70 bits per heavy atom. The zero-order chi connectivity index (χ0) is 34.1. The normalized spacial score (nSPS) is 15.0. The summed E-state index contributed by atoms with van der Waals surface area (Å²) < 4.78 is 27.3. The molecule has 0 atom stereocenters. The third-order valence-corrected chi connectivity index (χ3v) is 12.3. The molecule has 7 aromatic rings. The highest BCUT2D eigenvalue weighted by Gasteiger charge is 2.48. The molecule has 0 saturated heterocycles. The van der Waals surface area contributed by atoms with E-state index >= 15 is 0 Å². The average Bonchev–Trinajstić information content (AvgIpc) is 3.47. The molecule has 1 aliphatic heterocycles. The molecule has 0 radical (unpaired) electrons. The van der Waals surface area contributed by atoms with Gasteiger partial charge in [0.15, 0.2) is 5.03 Å². The van der Waals surface area contributed by atoms with Gasteiger partial charge in [0.25, 0.3) is 0 Å². The molecule has 0 saturated carbocycles. The largest absolute Gasteiger partial charge is 0.310 e. The Kier molecular flexibility index (Phi) is 6.74. The number of hydrogen-bond acceptors (Lipinski definition) is 4. The zero-order valence-electron chi connectivity index (χ0n) is 27.8. The lowest BCUT2D eigenvalue weighted by molar-refractivity contribution is 0.592. The number of hydrogen-bond donors (Lipinski definition) is 0. The van der Waals surface area contributed by atoms with Gasteiger partial charge in [-0.3, -0.25) is 0 Å². The van der Waals surface area contributed by atoms with Crippen LogP contribution >= 0.6 is 0 Å². The van der Waals surface area contributed by atoms with E-state index in [4.69, 9.17) is 0 Å². The molecule has 0 fully saturated rings. The SMILES string of the molecule is CC1(C)c2ccccc2N(c2ccccc2)c2ccc(C3(c4ccc(S(=O)(=O)c5ccccc5)nc4)c4ccccc4-c4ccccc43)cc21. The van der Waals surface area contributed by atoms with E-state index in [0.29, 0.717) is 0 Å². The first-order valence-corrected chi connectivity index (χ1v) is 18.4. The Balaban J connectivity index is 1.31. The van der Waals surface area contributed by atoms with Crippen molar-refractivity contribution in [1.82, 2.24) is 4.98 Å². The van der Waals surface area contributed by atoms with Gasteiger partial charge < -0.3 is 4.90 Å². The van der Waals surface area contributed by atoms with Gasteiger partial charge in [-0.15, -0.1) is 0 Å². The molecule has 5 heteroatoms. The summed E-state index contributed by atoms with van der Waals surface area (Å²) in [4.78, 5) is 7.29. The summed E-state index contributed by atoms with van der Waals surface area (Å²) in [6.45, 7) is 4.62. The molecule has 4 nitrogen and oxygen atoms in total. The van der Waals surface area contributed by atoms with Crippen LogP contribution in [0.25, 0.3) is 11.1 Å². The summed E-state index contributed by atoms with van der Waals surface area (Å²) in [7, 11) is -3.79. The minimum absolute atomic E-state index is 0.0313. The number of aromatic nitrogens is 1. The lowest BCUT2D eigenvalue weighted by Gasteiger charge is -2.43. The second-order valence-electron chi connectivity index (χ2n) is 13.6. The Morgan fingerprint density at radius 1 is 0.520 bits per heavy atom. The monoisotopic (exact) mass is 666 g/mol. The maximum Gasteiger partial charge on any atom is 0.223 e. The van der Waals surface area contributed by atoms with Gasteiger partial charge in [-0.2, -0.15) is 0 Å². The first kappa shape index (κ1) is 30.3. The standard InChI is InChI=1S/C45H34N2O2S/c1-44(2)39-23-13-14-24-41(39)47(33-15-5-3-6-16-33)42-27-25-31(29-40(42)44)45(37-21-11-9-19-35(37)36-20-10-12-22-38(36)45)32-26-28-43(46-30-32)50(48,49)34-17-7-4-8-18-34/h3-30H,1-2H3. The average molecular weight is 667 g/mol. The van der Waals surface area contributed by atoms with Crippen molar-refractivity contribution >= 4 is 26.9 Å². The Bertz CT molecular complexity index is 2480. The van der Waals surface area contributed by atoms with Crippen LogP contribution in [0.2, 0.25) is 0 Å². The van der Waals surface area contributed by atoms with Crippen molar-refractivity contribution in [2.75, 3.05) is 4.90 Å². The van der Waals surface area contributed by atoms with Crippen LogP contribution in [0, 0.1) is 0 Å². The van der Waals surface area contributed by atoms with Gasteiger partial charge in [0.05, 0.1) is 21.7 Å². The van der Waals surface area contributed by atoms with Crippen molar-refractivity contribution in [2.45, 2.75) is 34.6 Å². The van der Waals surface area contributed by atoms with E-state index in [1.807, 2.05) is 12.1 Å². The topological polar surface area (TPSA) is 50.3 Å². The summed E-state index contributed by atoms with van der Waals surface area (Å²) in [5, 5.41) is 0.0313. The van der Waals surface area contributed by atoms with Crippen LogP contribution in [0.1, 0.15) is 47.2 Å². The van der Waals surface area contributed by atoms with Crippen molar-refractivity contribution in [1.29, 1.82) is 0 Å². The number of para-hydroxylation sites is 2. The summed E-state index contributed by atoms with van der Waals surface area (Å²) in [5.41, 5.74) is 11.5. The molecule has 2 heterocycles. The summed E-state index contributed by atoms with van der Waals surface area (Å²) in [6, 6.07) is 55.4. The molecule has 242 valence electrons. The maximum absolute atomic E-state index is 13.6. The second-order valence-corrected chi connectivity index (χ2v) is 15.5. The van der Waals surface area contributed by atoms with Gasteiger partial charge in [0.2, 0.25) is 9.84 Å². The fraction of sp³-hybridized carbons (Fsp3) is 0.0889. The van der Waals surface area contributed by atoms with Crippen molar-refractivity contribution in [2.24, 2.45) is 0 Å². The first-order chi connectivity index (χ1) is 24.3. The minimum atomic E-state index is -3.79. The van der Waals surface area contributed by atoms with Gasteiger partial charge in [-0.25, -0.2) is 13.4 Å². The summed E-state index contributed by atoms with van der Waals surface area (Å²) in [6.07, 6.45) is 1.77. The van der Waals surface area contributed by atoms with E-state index in [9.17, 15) is 8.42 Å². The van der Waals surface area contributed by atoms with Gasteiger partial charge in [0, 0.05) is 17.3 Å². The van der Waals surface area contributed by atoms with Gasteiger partial charge >= 0.3 is 0 Å². The van der Waals surface area contributed by atoms with Crippen LogP contribution in [-0.4, -0.2) is 13.4 Å². The molecule has 0 spiro atoms. The van der Waals surface area contributed by atoms with Gasteiger partial charge in [-0.05, 0) is 87.0 Å². The fourth-order valence-electron chi connectivity index (χ4n) is 8.30. The molecule has 50 heavy (non-hydrogen) atoms. The molecule has 1 aliphatic carbocycles. The molecular weight excluding hydrogens is 633 g/mol. The number of rotatable bonds is 5. The van der Waals surface area contributed by atoms with Crippen LogP contribution in [0.4, 0.5) is 17.1 Å². The van der Waals surface area contributed by atoms with E-state index in [1.54, 1.807) is 36.5 Å². The van der Waals surface area contributed by atoms with Crippen molar-refractivity contribution in [3.05, 3.63) is 203 Å². The van der Waals surface area contributed by atoms with Crippen molar-refractivity contribution in [3.63, 3.8) is 0 Å². The number of sulfone groups is 1. The zero-order valence-corrected chi connectivity index (χ0v) is 28.6. The van der Waals surface area contributed by atoms with E-state index in [-0.39, 0.29) is 15.3 Å². The smallest absolute Gasteiger partial charge is 0.223 e. The molecular formula is C45H34N2O2S. The molecule has 0 N–H and O–H groups in total. The van der Waals surface area contributed by atoms with Crippen LogP contribution in [0.5, 0.6) is 0 Å². The van der Waals surface area contributed by atoms with Crippen LogP contribution in [0.3, 0.4) is 0 Å². The predicted octanol–water partition coefficient (Wildman–Crippen LogP) is 10.4. The quantitative estimate of drug-likeness (QED) is 0.183. The van der Waals surface area contributed by atoms with Crippen LogP contribution in [0.15, 0.2) is 180 Å². The molecule has 2 aliphatic rings. The Hall–Kier alpha value is -5.78. The lowest BCUT2D eigenvalue weighted by Crippen LogP contribution is -2.33. The van der Waals surface area contributed by atoms with E-state index in [2.05, 4.69) is 145 Å². The highest BCUT2D eigenvalue weighted by atomic mass is 32.2. The predicted molar refractivity (Wildman–Crippen MR) is 200 cm³/mol. The molecule has 1 aromatic heterocycles. The maximum atomic E-state index is 13.6. The third kappa shape index (κ3) is 4.23. The van der Waals surface area contributed by atoms with Crippen LogP contribution < -0.4 is 4.90 Å². The lowest BCUT2D eigenvalue weighted by atomic mass is 9.66. The highest BCUT2D eigenvalue weighted by molar-refractivity contribution is 7.91. The second kappa shape index (κ2) is 11.1. The van der Waals surface area contributed by atoms with Gasteiger partial charge in [0.1, 0.15) is 0 Å². The number of fused-ring (bicyclic) bond motifs is 5. The van der Waals surface area contributed by atoms with Crippen molar-refractivity contribution < 1.29 is 8.42 Å². The van der Waals surface area contributed by atoms with Crippen molar-refractivity contribution in [3.8, 4) is 11.1 Å². The van der Waals surface area contributed by atoms with E-state index in [1.165, 1.54) is 16.8 Å². The Labute approximate surface area is 293 Å². The molecule has 0 bridgehead atoms. The first-order valence-electron chi connectivity index (χ1n) is 16.9. The molecule has 6 aromatic carbocycles. The highest BCUT2D eigenvalue weighted by Crippen LogP contribution is 2.58. The fourth-order valence-corrected chi connectivity index (χ4v) is 9.49. The summed E-state index contributed by atoms with van der Waals surface area (Å²) >= 11 is 0. The summed E-state index contributed by atoms with van der Waals surface area (Å²) in [5.74, 6) is 0.